The highest BCUT2D eigenvalue weighted by Crippen LogP contribution is 2.39. The van der Waals surface area contributed by atoms with Crippen LogP contribution in [0.5, 0.6) is 0 Å². The van der Waals surface area contributed by atoms with Crippen molar-refractivity contribution in [2.45, 2.75) is 42.6 Å². The van der Waals surface area contributed by atoms with Crippen LogP contribution in [0.1, 0.15) is 46.3 Å². The van der Waals surface area contributed by atoms with Gasteiger partial charge in [-0.3, -0.25) is 4.79 Å². The minimum absolute atomic E-state index is 0.0876. The third-order valence-electron chi connectivity index (χ3n) is 5.49. The van der Waals surface area contributed by atoms with Crippen LogP contribution in [0, 0.1) is 0 Å². The SMILES string of the molecule is O=C(c1c[nH]c2ccccc12)[C@H](Sc1nnc2n1CCCCC2)c1ccccc1. The number of thioether (sulfide) groups is 1. The molecule has 1 aliphatic heterocycles. The molecule has 0 saturated carbocycles. The van der Waals surface area contributed by atoms with E-state index in [0.29, 0.717) is 0 Å². The smallest absolute Gasteiger partial charge is 0.192 e. The summed E-state index contributed by atoms with van der Waals surface area (Å²) >= 11 is 1.51. The van der Waals surface area contributed by atoms with Crippen molar-refractivity contribution in [3.05, 3.63) is 77.7 Å². The summed E-state index contributed by atoms with van der Waals surface area (Å²) in [6.07, 6.45) is 6.28. The predicted molar refractivity (Wildman–Crippen MR) is 115 cm³/mol. The van der Waals surface area contributed by atoms with E-state index in [-0.39, 0.29) is 11.0 Å². The number of aryl methyl sites for hydroxylation is 1. The average Bonchev–Trinajstić information content (AvgIpc) is 3.28. The molecule has 4 aromatic rings. The predicted octanol–water partition coefficient (Wildman–Crippen LogP) is 5.20. The van der Waals surface area contributed by atoms with Crippen molar-refractivity contribution < 1.29 is 4.79 Å². The van der Waals surface area contributed by atoms with E-state index in [2.05, 4.69) is 19.7 Å². The second-order valence-electron chi connectivity index (χ2n) is 7.38. The van der Waals surface area contributed by atoms with Crippen LogP contribution >= 0.6 is 11.8 Å². The van der Waals surface area contributed by atoms with Gasteiger partial charge in [0.1, 0.15) is 11.1 Å². The van der Waals surface area contributed by atoms with Gasteiger partial charge in [0.05, 0.1) is 0 Å². The standard InChI is InChI=1S/C23H22N4OS/c28-21(18-15-24-19-12-7-6-11-17(18)19)22(16-9-3-1-4-10-16)29-23-26-25-20-13-5-2-8-14-27(20)23/h1,3-4,6-7,9-12,15,22,24H,2,5,8,13-14H2/t22-/m1/s1. The summed E-state index contributed by atoms with van der Waals surface area (Å²) in [7, 11) is 0. The molecule has 2 aromatic heterocycles. The zero-order chi connectivity index (χ0) is 19.6. The number of carbonyl (C=O) groups is 1. The minimum Gasteiger partial charge on any atom is -0.360 e. The van der Waals surface area contributed by atoms with Crippen molar-refractivity contribution in [2.24, 2.45) is 0 Å². The van der Waals surface area contributed by atoms with Gasteiger partial charge in [0.2, 0.25) is 0 Å². The molecule has 3 heterocycles. The number of nitrogens with one attached hydrogen (secondary N) is 1. The van der Waals surface area contributed by atoms with Crippen molar-refractivity contribution in [1.29, 1.82) is 0 Å². The number of nitrogens with zero attached hydrogens (tertiary/aromatic N) is 3. The van der Waals surface area contributed by atoms with Crippen LogP contribution in [0.2, 0.25) is 0 Å². The molecule has 0 radical (unpaired) electrons. The van der Waals surface area contributed by atoms with Crippen molar-refractivity contribution in [1.82, 2.24) is 19.7 Å². The maximum Gasteiger partial charge on any atom is 0.192 e. The fourth-order valence-electron chi connectivity index (χ4n) is 3.97. The molecule has 1 aliphatic rings. The lowest BCUT2D eigenvalue weighted by Gasteiger charge is -2.16. The number of hydrogen-bond acceptors (Lipinski definition) is 4. The van der Waals surface area contributed by atoms with Gasteiger partial charge in [0.15, 0.2) is 10.9 Å². The Labute approximate surface area is 173 Å². The molecule has 5 nitrogen and oxygen atoms in total. The van der Waals surface area contributed by atoms with Crippen LogP contribution in [0.3, 0.4) is 0 Å². The lowest BCUT2D eigenvalue weighted by molar-refractivity contribution is 0.0991. The molecule has 0 aliphatic carbocycles. The highest BCUT2D eigenvalue weighted by atomic mass is 32.2. The van der Waals surface area contributed by atoms with E-state index in [4.69, 9.17) is 0 Å². The molecule has 29 heavy (non-hydrogen) atoms. The van der Waals surface area contributed by atoms with Gasteiger partial charge < -0.3 is 9.55 Å². The van der Waals surface area contributed by atoms with E-state index in [1.807, 2.05) is 60.8 Å². The van der Waals surface area contributed by atoms with Gasteiger partial charge in [-0.25, -0.2) is 0 Å². The Balaban J connectivity index is 1.54. The second-order valence-corrected chi connectivity index (χ2v) is 8.45. The lowest BCUT2D eigenvalue weighted by atomic mass is 10.0. The molecule has 0 amide bonds. The van der Waals surface area contributed by atoms with Crippen molar-refractivity contribution in [2.75, 3.05) is 0 Å². The Morgan fingerprint density at radius 3 is 2.72 bits per heavy atom. The number of benzene rings is 2. The summed E-state index contributed by atoms with van der Waals surface area (Å²) < 4.78 is 2.20. The topological polar surface area (TPSA) is 63.6 Å². The van der Waals surface area contributed by atoms with Gasteiger partial charge >= 0.3 is 0 Å². The zero-order valence-electron chi connectivity index (χ0n) is 16.0. The number of hydrogen-bond donors (Lipinski definition) is 1. The Morgan fingerprint density at radius 2 is 1.83 bits per heavy atom. The first-order valence-electron chi connectivity index (χ1n) is 10.1. The Morgan fingerprint density at radius 1 is 1.00 bits per heavy atom. The summed E-state index contributed by atoms with van der Waals surface area (Å²) in [5, 5.41) is 10.3. The number of ketones is 1. The summed E-state index contributed by atoms with van der Waals surface area (Å²) in [4.78, 5) is 16.9. The van der Waals surface area contributed by atoms with Crippen LogP contribution < -0.4 is 0 Å². The van der Waals surface area contributed by atoms with E-state index in [0.717, 1.165) is 58.8 Å². The third kappa shape index (κ3) is 3.49. The highest BCUT2D eigenvalue weighted by Gasteiger charge is 2.28. The third-order valence-corrected chi connectivity index (χ3v) is 6.73. The van der Waals surface area contributed by atoms with Crippen molar-refractivity contribution in [3.8, 4) is 0 Å². The normalized spacial score (nSPS) is 15.0. The fraction of sp³-hybridized carbons (Fsp3) is 0.261. The first-order chi connectivity index (χ1) is 14.3. The Kier molecular flexibility index (Phi) is 4.94. The molecule has 0 fully saturated rings. The number of H-pyrrole nitrogens is 1. The molecule has 1 atom stereocenters. The molecule has 0 saturated heterocycles. The first kappa shape index (κ1) is 18.2. The first-order valence-corrected chi connectivity index (χ1v) is 10.9. The van der Waals surface area contributed by atoms with Crippen LogP contribution in [0.25, 0.3) is 10.9 Å². The van der Waals surface area contributed by atoms with Gasteiger partial charge in [-0.15, -0.1) is 10.2 Å². The number of carbonyl (C=O) groups excluding carboxylic acids is 1. The summed E-state index contributed by atoms with van der Waals surface area (Å²) in [6, 6.07) is 17.9. The average molecular weight is 403 g/mol. The van der Waals surface area contributed by atoms with E-state index in [1.165, 1.54) is 18.2 Å². The van der Waals surface area contributed by atoms with E-state index in [1.54, 1.807) is 0 Å². The Bertz CT molecular complexity index is 1150. The summed E-state index contributed by atoms with van der Waals surface area (Å²) in [5.41, 5.74) is 2.68. The molecule has 1 N–H and O–H groups in total. The van der Waals surface area contributed by atoms with Crippen LogP contribution in [0.4, 0.5) is 0 Å². The monoisotopic (exact) mass is 402 g/mol. The van der Waals surface area contributed by atoms with Crippen molar-refractivity contribution in [3.63, 3.8) is 0 Å². The lowest BCUT2D eigenvalue weighted by Crippen LogP contribution is -2.11. The fourth-order valence-corrected chi connectivity index (χ4v) is 5.12. The Hall–Kier alpha value is -2.86. The summed E-state index contributed by atoms with van der Waals surface area (Å²) in [6.45, 7) is 0.924. The maximum absolute atomic E-state index is 13.7. The molecule has 2 aromatic carbocycles. The van der Waals surface area contributed by atoms with Crippen LogP contribution in [-0.4, -0.2) is 25.5 Å². The second kappa shape index (κ2) is 7.87. The number of aromatic amines is 1. The number of Topliss-reactive ketones (excluding diaryl/α,β-unsaturated/α-hetero) is 1. The molecule has 0 spiro atoms. The number of rotatable bonds is 5. The molecular weight excluding hydrogens is 380 g/mol. The van der Waals surface area contributed by atoms with Gasteiger partial charge in [0.25, 0.3) is 0 Å². The van der Waals surface area contributed by atoms with Crippen molar-refractivity contribution >= 4 is 28.4 Å². The van der Waals surface area contributed by atoms with Crippen LogP contribution in [0.15, 0.2) is 66.0 Å². The molecule has 6 heteroatoms. The molecular formula is C23H22N4OS. The highest BCUT2D eigenvalue weighted by molar-refractivity contribution is 8.00. The number of para-hydroxylation sites is 1. The van der Waals surface area contributed by atoms with Gasteiger partial charge in [-0.05, 0) is 24.5 Å². The number of aromatic nitrogens is 4. The van der Waals surface area contributed by atoms with E-state index < -0.39 is 0 Å². The quantitative estimate of drug-likeness (QED) is 0.368. The maximum atomic E-state index is 13.7. The largest absolute Gasteiger partial charge is 0.360 e. The molecule has 5 rings (SSSR count). The molecule has 146 valence electrons. The van der Waals surface area contributed by atoms with Gasteiger partial charge in [-0.1, -0.05) is 66.7 Å². The summed E-state index contributed by atoms with van der Waals surface area (Å²) in [5.74, 6) is 1.13. The van der Waals surface area contributed by atoms with Gasteiger partial charge in [0, 0.05) is 35.6 Å². The van der Waals surface area contributed by atoms with Gasteiger partial charge in [-0.2, -0.15) is 0 Å². The van der Waals surface area contributed by atoms with E-state index >= 15 is 0 Å². The minimum atomic E-state index is -0.369. The van der Waals surface area contributed by atoms with E-state index in [9.17, 15) is 4.79 Å². The molecule has 0 bridgehead atoms. The molecule has 0 unspecified atom stereocenters. The zero-order valence-corrected chi connectivity index (χ0v) is 16.9. The van der Waals surface area contributed by atoms with Crippen LogP contribution in [-0.2, 0) is 13.0 Å². The number of fused-ring (bicyclic) bond motifs is 2.